The molecule has 2 amide bonds. The Hall–Kier alpha value is -2.62. The molecule has 118 valence electrons. The first-order valence-electron chi connectivity index (χ1n) is 7.70. The molecule has 1 atom stereocenters. The van der Waals surface area contributed by atoms with E-state index < -0.39 is 5.41 Å². The van der Waals surface area contributed by atoms with Crippen LogP contribution in [0.2, 0.25) is 0 Å². The molecule has 1 aliphatic heterocycles. The Morgan fingerprint density at radius 3 is 2.43 bits per heavy atom. The van der Waals surface area contributed by atoms with Crippen molar-refractivity contribution < 1.29 is 9.59 Å². The number of carbonyl (C=O) groups is 2. The maximum Gasteiger partial charge on any atom is 0.238 e. The average molecular weight is 308 g/mol. The van der Waals surface area contributed by atoms with Crippen LogP contribution >= 0.6 is 0 Å². The molecule has 23 heavy (non-hydrogen) atoms. The minimum atomic E-state index is -0.840. The highest BCUT2D eigenvalue weighted by Crippen LogP contribution is 2.45. The van der Waals surface area contributed by atoms with Crippen molar-refractivity contribution in [2.75, 3.05) is 19.0 Å². The fraction of sp³-hybridized carbons (Fsp3) is 0.263. The van der Waals surface area contributed by atoms with Gasteiger partial charge in [-0.15, -0.1) is 0 Å². The molecule has 0 radical (unpaired) electrons. The summed E-state index contributed by atoms with van der Waals surface area (Å²) in [5.41, 5.74) is 2.03. The molecular formula is C19H20N2O2. The number of anilines is 1. The van der Waals surface area contributed by atoms with Gasteiger partial charge in [-0.1, -0.05) is 48.5 Å². The molecular weight excluding hydrogens is 288 g/mol. The summed E-state index contributed by atoms with van der Waals surface area (Å²) < 4.78 is 0. The molecule has 0 saturated heterocycles. The summed E-state index contributed by atoms with van der Waals surface area (Å²) in [4.78, 5) is 26.9. The summed E-state index contributed by atoms with van der Waals surface area (Å²) in [6.07, 6.45) is 0.667. The topological polar surface area (TPSA) is 49.4 Å². The van der Waals surface area contributed by atoms with Gasteiger partial charge in [-0.05, 0) is 23.6 Å². The number of para-hydroxylation sites is 1. The summed E-state index contributed by atoms with van der Waals surface area (Å²) >= 11 is 0. The zero-order valence-corrected chi connectivity index (χ0v) is 13.4. The van der Waals surface area contributed by atoms with Crippen LogP contribution in [0.25, 0.3) is 0 Å². The van der Waals surface area contributed by atoms with Crippen molar-refractivity contribution in [2.45, 2.75) is 18.3 Å². The molecule has 4 nitrogen and oxygen atoms in total. The Morgan fingerprint density at radius 2 is 1.74 bits per heavy atom. The van der Waals surface area contributed by atoms with Crippen LogP contribution in [0.3, 0.4) is 0 Å². The van der Waals surface area contributed by atoms with E-state index in [0.717, 1.165) is 16.8 Å². The van der Waals surface area contributed by atoms with Crippen molar-refractivity contribution in [2.24, 2.45) is 0 Å². The first kappa shape index (κ1) is 15.3. The van der Waals surface area contributed by atoms with Crippen molar-refractivity contribution >= 4 is 17.5 Å². The standard InChI is InChI=1S/C19H20N2O2/c1-20-17(22)13-19(12-14-8-4-3-5-9-14)15-10-6-7-11-16(15)21(2)18(19)23/h3-11H,12-13H2,1-2H3,(H,20,22). The zero-order valence-electron chi connectivity index (χ0n) is 13.4. The molecule has 1 unspecified atom stereocenters. The van der Waals surface area contributed by atoms with Crippen LogP contribution in [0.4, 0.5) is 5.69 Å². The van der Waals surface area contributed by atoms with E-state index in [9.17, 15) is 9.59 Å². The molecule has 1 heterocycles. The van der Waals surface area contributed by atoms with Crippen molar-refractivity contribution in [3.05, 3.63) is 65.7 Å². The molecule has 3 rings (SSSR count). The number of benzene rings is 2. The van der Waals surface area contributed by atoms with Crippen molar-refractivity contribution in [1.29, 1.82) is 0 Å². The summed E-state index contributed by atoms with van der Waals surface area (Å²) in [5.74, 6) is -0.148. The SMILES string of the molecule is CNC(=O)CC1(Cc2ccccc2)C(=O)N(C)c2ccccc21. The second-order valence-electron chi connectivity index (χ2n) is 5.98. The number of nitrogens with one attached hydrogen (secondary N) is 1. The third-order valence-electron chi connectivity index (χ3n) is 4.58. The number of fused-ring (bicyclic) bond motifs is 1. The van der Waals surface area contributed by atoms with E-state index in [0.29, 0.717) is 6.42 Å². The van der Waals surface area contributed by atoms with Gasteiger partial charge < -0.3 is 10.2 Å². The van der Waals surface area contributed by atoms with E-state index in [1.54, 1.807) is 19.0 Å². The van der Waals surface area contributed by atoms with Gasteiger partial charge in [-0.2, -0.15) is 0 Å². The highest BCUT2D eigenvalue weighted by atomic mass is 16.2. The smallest absolute Gasteiger partial charge is 0.238 e. The maximum absolute atomic E-state index is 13.1. The van der Waals surface area contributed by atoms with Crippen molar-refractivity contribution in [3.8, 4) is 0 Å². The summed E-state index contributed by atoms with van der Waals surface area (Å²) in [7, 11) is 3.38. The van der Waals surface area contributed by atoms with Crippen molar-refractivity contribution in [3.63, 3.8) is 0 Å². The van der Waals surface area contributed by atoms with Gasteiger partial charge in [0, 0.05) is 26.2 Å². The van der Waals surface area contributed by atoms with Gasteiger partial charge in [-0.25, -0.2) is 0 Å². The lowest BCUT2D eigenvalue weighted by molar-refractivity contribution is -0.129. The second kappa shape index (κ2) is 5.88. The van der Waals surface area contributed by atoms with E-state index in [4.69, 9.17) is 0 Å². The highest BCUT2D eigenvalue weighted by Gasteiger charge is 2.50. The second-order valence-corrected chi connectivity index (χ2v) is 5.98. The van der Waals surface area contributed by atoms with Gasteiger partial charge in [0.2, 0.25) is 11.8 Å². The van der Waals surface area contributed by atoms with Crippen LogP contribution in [0.1, 0.15) is 17.5 Å². The first-order chi connectivity index (χ1) is 11.1. The zero-order chi connectivity index (χ0) is 16.4. The Kier molecular flexibility index (Phi) is 3.90. The summed E-state index contributed by atoms with van der Waals surface area (Å²) in [6, 6.07) is 17.6. The number of amides is 2. The predicted octanol–water partition coefficient (Wildman–Crippen LogP) is 2.28. The van der Waals surface area contributed by atoms with Gasteiger partial charge in [0.1, 0.15) is 0 Å². The first-order valence-corrected chi connectivity index (χ1v) is 7.70. The van der Waals surface area contributed by atoms with Crippen LogP contribution in [0.15, 0.2) is 54.6 Å². The lowest BCUT2D eigenvalue weighted by Gasteiger charge is -2.27. The average Bonchev–Trinajstić information content (AvgIpc) is 2.79. The molecule has 1 N–H and O–H groups in total. The fourth-order valence-electron chi connectivity index (χ4n) is 3.43. The number of nitrogens with zero attached hydrogens (tertiary/aromatic N) is 1. The lowest BCUT2D eigenvalue weighted by atomic mass is 9.73. The molecule has 0 fully saturated rings. The Balaban J connectivity index is 2.12. The molecule has 2 aromatic carbocycles. The maximum atomic E-state index is 13.1. The molecule has 4 heteroatoms. The lowest BCUT2D eigenvalue weighted by Crippen LogP contribution is -2.44. The molecule has 0 saturated carbocycles. The molecule has 1 aliphatic rings. The van der Waals surface area contributed by atoms with E-state index in [1.807, 2.05) is 54.6 Å². The van der Waals surface area contributed by atoms with Crippen molar-refractivity contribution in [1.82, 2.24) is 5.32 Å². The number of hydrogen-bond donors (Lipinski definition) is 1. The Labute approximate surface area is 136 Å². The van der Waals surface area contributed by atoms with Gasteiger partial charge in [0.15, 0.2) is 0 Å². The minimum Gasteiger partial charge on any atom is -0.359 e. The van der Waals surface area contributed by atoms with E-state index in [2.05, 4.69) is 5.32 Å². The van der Waals surface area contributed by atoms with Crippen LogP contribution in [0, 0.1) is 0 Å². The molecule has 2 aromatic rings. The number of likely N-dealkylation sites (N-methyl/N-ethyl adjacent to an activating group) is 1. The van der Waals surface area contributed by atoms with Gasteiger partial charge in [0.05, 0.1) is 5.41 Å². The quantitative estimate of drug-likeness (QED) is 0.942. The number of rotatable bonds is 4. The predicted molar refractivity (Wildman–Crippen MR) is 90.4 cm³/mol. The molecule has 0 aliphatic carbocycles. The van der Waals surface area contributed by atoms with E-state index in [1.165, 1.54) is 0 Å². The Bertz CT molecular complexity index is 742. The van der Waals surface area contributed by atoms with Gasteiger partial charge >= 0.3 is 0 Å². The summed E-state index contributed by atoms with van der Waals surface area (Å²) in [6.45, 7) is 0. The minimum absolute atomic E-state index is 0.0221. The van der Waals surface area contributed by atoms with Crippen LogP contribution in [0.5, 0.6) is 0 Å². The highest BCUT2D eigenvalue weighted by molar-refractivity contribution is 6.09. The third-order valence-corrected chi connectivity index (χ3v) is 4.58. The third kappa shape index (κ3) is 2.50. The number of hydrogen-bond acceptors (Lipinski definition) is 2. The normalized spacial score (nSPS) is 19.6. The summed E-state index contributed by atoms with van der Waals surface area (Å²) in [5, 5.41) is 2.66. The fourth-order valence-corrected chi connectivity index (χ4v) is 3.43. The largest absolute Gasteiger partial charge is 0.359 e. The van der Waals surface area contributed by atoms with E-state index >= 15 is 0 Å². The van der Waals surface area contributed by atoms with Crippen LogP contribution < -0.4 is 10.2 Å². The number of carbonyl (C=O) groups excluding carboxylic acids is 2. The molecule has 0 bridgehead atoms. The molecule has 0 aromatic heterocycles. The van der Waals surface area contributed by atoms with Gasteiger partial charge in [-0.3, -0.25) is 9.59 Å². The van der Waals surface area contributed by atoms with Crippen LogP contribution in [-0.4, -0.2) is 25.9 Å². The molecule has 0 spiro atoms. The van der Waals surface area contributed by atoms with Crippen LogP contribution in [-0.2, 0) is 21.4 Å². The monoisotopic (exact) mass is 308 g/mol. The van der Waals surface area contributed by atoms with Gasteiger partial charge in [0.25, 0.3) is 0 Å². The van der Waals surface area contributed by atoms with E-state index in [-0.39, 0.29) is 18.2 Å². The Morgan fingerprint density at radius 1 is 1.09 bits per heavy atom.